The van der Waals surface area contributed by atoms with Crippen molar-refractivity contribution in [2.75, 3.05) is 26.4 Å². The van der Waals surface area contributed by atoms with Crippen molar-refractivity contribution < 1.29 is 95.2 Å². The molecule has 0 saturated carbocycles. The molecule has 9 atom stereocenters. The van der Waals surface area contributed by atoms with Crippen LogP contribution in [0.3, 0.4) is 0 Å². The number of carbonyl (C=O) groups is 8. The Morgan fingerprint density at radius 1 is 0.494 bits per heavy atom. The second-order valence-electron chi connectivity index (χ2n) is 20.3. The first kappa shape index (κ1) is 69.8. The van der Waals surface area contributed by atoms with E-state index in [4.69, 9.17) is 56.8 Å². The van der Waals surface area contributed by atoms with Crippen LogP contribution in [0.5, 0.6) is 5.75 Å². The van der Waals surface area contributed by atoms with Gasteiger partial charge in [0.05, 0.1) is 42.6 Å². The molecule has 2 aliphatic heterocycles. The van der Waals surface area contributed by atoms with Crippen LogP contribution in [-0.2, 0) is 96.9 Å². The molecular formula is C53H66I6O20. The fraction of sp³-hybridized carbons (Fsp3) is 0.623. The Morgan fingerprint density at radius 3 is 1.41 bits per heavy atom. The Bertz CT molecular complexity index is 2470. The molecule has 2 fully saturated rings. The van der Waals surface area contributed by atoms with Gasteiger partial charge in [-0.2, -0.15) is 0 Å². The highest BCUT2D eigenvalue weighted by Gasteiger charge is 2.65. The molecule has 2 aromatic carbocycles. The molecule has 0 amide bonds. The van der Waals surface area contributed by atoms with E-state index in [1.807, 2.05) is 24.3 Å². The van der Waals surface area contributed by atoms with Crippen LogP contribution in [0.15, 0.2) is 24.3 Å². The molecule has 2 heterocycles. The van der Waals surface area contributed by atoms with Gasteiger partial charge in [-0.3, -0.25) is 33.6 Å². The maximum Gasteiger partial charge on any atom is 0.344 e. The number of esters is 8. The summed E-state index contributed by atoms with van der Waals surface area (Å²) >= 11 is 12.9. The molecule has 0 aliphatic carbocycles. The third-order valence-electron chi connectivity index (χ3n) is 11.7. The standard InChI is InChI=1S/C53H66I6O20/c1-23(2)46(62)71-22-53(45(77-51(67)28(11)12)42(74-48(64)25(5)6)37(78-53)20-68-38(60)14-13-31-32(56)15-29(54)16-33(31)57)79-52-44(76-50(66)27(9)10)43(75-49(65)26(7)8)41(73-47(63)24(3)4)36(72-52)19-69-39(61)21-70-40-34(58)17-30(55)18-35(40)59/h15-18,23-28,36-37,41-45,52H,13-14,19-22H2,1-12H3/t36-,37-,41-,42-,43+,44-,45+,52-,53+/m1/s1. The number of hydrogen-bond donors (Lipinski definition) is 0. The first-order valence-corrected chi connectivity index (χ1v) is 31.7. The summed E-state index contributed by atoms with van der Waals surface area (Å²) in [7, 11) is 0. The molecule has 2 saturated heterocycles. The minimum atomic E-state index is -2.64. The first-order chi connectivity index (χ1) is 36.8. The van der Waals surface area contributed by atoms with Gasteiger partial charge in [-0.15, -0.1) is 0 Å². The Morgan fingerprint density at radius 2 is 0.911 bits per heavy atom. The van der Waals surface area contributed by atoms with E-state index in [-0.39, 0.29) is 6.42 Å². The van der Waals surface area contributed by atoms with Crippen molar-refractivity contribution in [1.29, 1.82) is 0 Å². The third kappa shape index (κ3) is 20.2. The van der Waals surface area contributed by atoms with E-state index >= 15 is 0 Å². The van der Waals surface area contributed by atoms with E-state index in [0.717, 1.165) is 27.0 Å². The van der Waals surface area contributed by atoms with Crippen LogP contribution in [0.1, 0.15) is 95.1 Å². The second kappa shape index (κ2) is 32.0. The van der Waals surface area contributed by atoms with Gasteiger partial charge >= 0.3 is 47.8 Å². The molecule has 440 valence electrons. The summed E-state index contributed by atoms with van der Waals surface area (Å²) in [5, 5.41) is 0. The number of rotatable bonds is 25. The number of hydrogen-bond acceptors (Lipinski definition) is 20. The van der Waals surface area contributed by atoms with E-state index < -0.39 is 164 Å². The van der Waals surface area contributed by atoms with Crippen LogP contribution in [0.25, 0.3) is 0 Å². The van der Waals surface area contributed by atoms with Crippen molar-refractivity contribution in [2.45, 2.75) is 151 Å². The van der Waals surface area contributed by atoms with Gasteiger partial charge in [0.2, 0.25) is 12.1 Å². The molecule has 2 aliphatic rings. The van der Waals surface area contributed by atoms with Crippen LogP contribution in [0, 0.1) is 56.9 Å². The highest BCUT2D eigenvalue weighted by Crippen LogP contribution is 2.43. The van der Waals surface area contributed by atoms with Crippen LogP contribution in [0.4, 0.5) is 0 Å². The van der Waals surface area contributed by atoms with Gasteiger partial charge in [-0.25, -0.2) is 4.79 Å². The zero-order chi connectivity index (χ0) is 59.4. The van der Waals surface area contributed by atoms with Gasteiger partial charge < -0.3 is 56.8 Å². The van der Waals surface area contributed by atoms with E-state index in [9.17, 15) is 38.4 Å². The highest BCUT2D eigenvalue weighted by atomic mass is 127. The molecule has 4 rings (SSSR count). The van der Waals surface area contributed by atoms with Crippen molar-refractivity contribution in [2.24, 2.45) is 35.5 Å². The predicted octanol–water partition coefficient (Wildman–Crippen LogP) is 9.29. The fourth-order valence-electron chi connectivity index (χ4n) is 7.19. The largest absolute Gasteiger partial charge is 0.480 e. The molecule has 2 aromatic rings. The summed E-state index contributed by atoms with van der Waals surface area (Å²) in [6.07, 6.45) is -14.0. The lowest BCUT2D eigenvalue weighted by Crippen LogP contribution is -2.66. The van der Waals surface area contributed by atoms with Crippen molar-refractivity contribution >= 4 is 183 Å². The number of benzene rings is 2. The molecule has 20 nitrogen and oxygen atoms in total. The summed E-state index contributed by atoms with van der Waals surface area (Å²) < 4.78 is 79.1. The lowest BCUT2D eigenvalue weighted by molar-refractivity contribution is -0.385. The van der Waals surface area contributed by atoms with Gasteiger partial charge in [0.15, 0.2) is 37.1 Å². The topological polar surface area (TPSA) is 247 Å². The predicted molar refractivity (Wildman–Crippen MR) is 332 cm³/mol. The molecule has 0 bridgehead atoms. The lowest BCUT2D eigenvalue weighted by Gasteiger charge is -2.47. The maximum atomic E-state index is 13.9. The summed E-state index contributed by atoms with van der Waals surface area (Å²) in [6.45, 7) is 15.5. The van der Waals surface area contributed by atoms with Crippen LogP contribution >= 0.6 is 136 Å². The monoisotopic (exact) mass is 1780 g/mol. The second-order valence-corrected chi connectivity index (χ2v) is 27.5. The summed E-state index contributed by atoms with van der Waals surface area (Å²) in [4.78, 5) is 110. The van der Waals surface area contributed by atoms with Crippen molar-refractivity contribution in [3.05, 3.63) is 51.3 Å². The number of carbonyl (C=O) groups excluding carboxylic acids is 8. The van der Waals surface area contributed by atoms with Crippen LogP contribution < -0.4 is 4.74 Å². The minimum absolute atomic E-state index is 0.0879. The molecule has 0 aromatic heterocycles. The normalized spacial score (nSPS) is 22.9. The number of halogens is 6. The van der Waals surface area contributed by atoms with Crippen LogP contribution in [0.2, 0.25) is 0 Å². The highest BCUT2D eigenvalue weighted by molar-refractivity contribution is 14.1. The molecule has 0 unspecified atom stereocenters. The van der Waals surface area contributed by atoms with E-state index in [2.05, 4.69) is 136 Å². The zero-order valence-electron chi connectivity index (χ0n) is 45.6. The lowest BCUT2D eigenvalue weighted by atomic mass is 9.97. The number of ether oxygens (including phenoxy) is 12. The zero-order valence-corrected chi connectivity index (χ0v) is 58.5. The van der Waals surface area contributed by atoms with Crippen LogP contribution in [-0.4, -0.2) is 129 Å². The van der Waals surface area contributed by atoms with E-state index in [0.29, 0.717) is 12.2 Å². The summed E-state index contributed by atoms with van der Waals surface area (Å²) in [5.74, 6) is -13.7. The maximum absolute atomic E-state index is 13.9. The van der Waals surface area contributed by atoms with Crippen molar-refractivity contribution in [3.8, 4) is 5.75 Å². The Hall–Kier alpha value is -1.74. The Kier molecular flexibility index (Phi) is 28.2. The third-order valence-corrected chi connectivity index (χ3v) is 16.4. The fourth-order valence-corrected chi connectivity index (χ4v) is 15.2. The average molecular weight is 1780 g/mol. The molecule has 0 N–H and O–H groups in total. The van der Waals surface area contributed by atoms with Gasteiger partial charge in [0.1, 0.15) is 37.8 Å². The van der Waals surface area contributed by atoms with Gasteiger partial charge in [-0.1, -0.05) is 83.1 Å². The SMILES string of the molecule is CC(C)C(=O)OC[C@@]1(O[C@H]2O[C@H](COC(=O)COc3c(I)cc(I)cc3I)[C@@H](OC(=O)C(C)C)[C@H](OC(=O)C(C)C)[C@H]2OC(=O)C(C)C)O[C@H](COC(=O)CCc2c(I)cc(I)cc2I)[C@@H](OC(=O)C(C)C)[C@@H]1OC(=O)C(C)C. The molecular weight excluding hydrogens is 1720 g/mol. The van der Waals surface area contributed by atoms with Crippen molar-refractivity contribution in [3.63, 3.8) is 0 Å². The van der Waals surface area contributed by atoms with Crippen molar-refractivity contribution in [1.82, 2.24) is 0 Å². The first-order valence-electron chi connectivity index (χ1n) is 25.3. The quantitative estimate of drug-likeness (QED) is 0.0510. The van der Waals surface area contributed by atoms with Gasteiger partial charge in [-0.05, 0) is 172 Å². The Labute approximate surface area is 542 Å². The Balaban J connectivity index is 1.94. The minimum Gasteiger partial charge on any atom is -0.480 e. The summed E-state index contributed by atoms with van der Waals surface area (Å²) in [6, 6.07) is 7.67. The average Bonchev–Trinajstić information content (AvgIpc) is 3.76. The molecule has 0 radical (unpaired) electrons. The van der Waals surface area contributed by atoms with Gasteiger partial charge in [0, 0.05) is 20.7 Å². The molecule has 26 heteroatoms. The smallest absolute Gasteiger partial charge is 0.344 e. The molecule has 0 spiro atoms. The van der Waals surface area contributed by atoms with E-state index in [1.54, 1.807) is 41.5 Å². The van der Waals surface area contributed by atoms with E-state index in [1.165, 1.54) is 41.5 Å². The molecule has 79 heavy (non-hydrogen) atoms. The van der Waals surface area contributed by atoms with Gasteiger partial charge in [0.25, 0.3) is 0 Å². The summed E-state index contributed by atoms with van der Waals surface area (Å²) in [5.41, 5.74) is 0.922.